The van der Waals surface area contributed by atoms with Crippen molar-refractivity contribution >= 4 is 23.2 Å². The predicted molar refractivity (Wildman–Crippen MR) is 55.3 cm³/mol. The molecule has 0 aliphatic heterocycles. The van der Waals surface area contributed by atoms with E-state index >= 15 is 0 Å². The molecule has 0 radical (unpaired) electrons. The standard InChI is InChI=1S/C9H11Cl2NO/c10-8-2-1-7(5-9(8)11)3-4-12-6-13/h1-2,5,12-13H,3-4,6H2. The number of halogens is 2. The molecule has 0 bridgehead atoms. The van der Waals surface area contributed by atoms with Gasteiger partial charge >= 0.3 is 0 Å². The molecule has 2 N–H and O–H groups in total. The van der Waals surface area contributed by atoms with Gasteiger partial charge in [0.2, 0.25) is 0 Å². The van der Waals surface area contributed by atoms with E-state index in [0.29, 0.717) is 10.0 Å². The summed E-state index contributed by atoms with van der Waals surface area (Å²) in [6.45, 7) is 0.732. The van der Waals surface area contributed by atoms with E-state index in [2.05, 4.69) is 5.32 Å². The molecular weight excluding hydrogens is 209 g/mol. The first-order chi connectivity index (χ1) is 6.24. The Morgan fingerprint density at radius 3 is 2.62 bits per heavy atom. The molecule has 0 amide bonds. The summed E-state index contributed by atoms with van der Waals surface area (Å²) in [6.07, 6.45) is 0.831. The molecule has 0 aliphatic carbocycles. The lowest BCUT2D eigenvalue weighted by molar-refractivity contribution is 0.262. The number of rotatable bonds is 4. The van der Waals surface area contributed by atoms with Crippen LogP contribution in [0.4, 0.5) is 0 Å². The molecule has 1 aromatic carbocycles. The Hall–Kier alpha value is -0.280. The minimum Gasteiger partial charge on any atom is -0.381 e. The maximum absolute atomic E-state index is 8.48. The second-order valence-corrected chi connectivity index (χ2v) is 3.47. The number of aliphatic hydroxyl groups excluding tert-OH is 1. The average Bonchev–Trinajstić information content (AvgIpc) is 2.12. The summed E-state index contributed by atoms with van der Waals surface area (Å²) < 4.78 is 0. The van der Waals surface area contributed by atoms with Crippen molar-refractivity contribution in [2.24, 2.45) is 0 Å². The Kier molecular flexibility index (Phi) is 4.53. The third-order valence-corrected chi connectivity index (χ3v) is 2.43. The zero-order chi connectivity index (χ0) is 9.68. The molecular formula is C9H11Cl2NO. The molecule has 0 unspecified atom stereocenters. The van der Waals surface area contributed by atoms with Crippen LogP contribution in [0.25, 0.3) is 0 Å². The van der Waals surface area contributed by atoms with Crippen LogP contribution in [-0.2, 0) is 6.42 Å². The summed E-state index contributed by atoms with van der Waals surface area (Å²) in [4.78, 5) is 0. The van der Waals surface area contributed by atoms with Crippen molar-refractivity contribution in [1.82, 2.24) is 5.32 Å². The maximum atomic E-state index is 8.48. The van der Waals surface area contributed by atoms with Gasteiger partial charge in [0.15, 0.2) is 0 Å². The molecule has 0 saturated heterocycles. The topological polar surface area (TPSA) is 32.3 Å². The number of hydrogen-bond acceptors (Lipinski definition) is 2. The fraction of sp³-hybridized carbons (Fsp3) is 0.333. The smallest absolute Gasteiger partial charge is 0.0931 e. The van der Waals surface area contributed by atoms with Crippen molar-refractivity contribution in [1.29, 1.82) is 0 Å². The van der Waals surface area contributed by atoms with Gasteiger partial charge in [-0.2, -0.15) is 0 Å². The third-order valence-electron chi connectivity index (χ3n) is 1.69. The highest BCUT2D eigenvalue weighted by atomic mass is 35.5. The third kappa shape index (κ3) is 3.53. The molecule has 0 heterocycles. The van der Waals surface area contributed by atoms with Crippen LogP contribution >= 0.6 is 23.2 Å². The quantitative estimate of drug-likeness (QED) is 0.601. The number of aliphatic hydroxyl groups is 1. The zero-order valence-corrected chi connectivity index (χ0v) is 8.57. The van der Waals surface area contributed by atoms with Gasteiger partial charge in [0.25, 0.3) is 0 Å². The Balaban J connectivity index is 2.53. The van der Waals surface area contributed by atoms with Crippen molar-refractivity contribution < 1.29 is 5.11 Å². The van der Waals surface area contributed by atoms with Crippen LogP contribution in [0.2, 0.25) is 10.0 Å². The summed E-state index contributed by atoms with van der Waals surface area (Å²) in [7, 11) is 0. The largest absolute Gasteiger partial charge is 0.381 e. The lowest BCUT2D eigenvalue weighted by Crippen LogP contribution is -2.17. The van der Waals surface area contributed by atoms with E-state index in [0.717, 1.165) is 18.5 Å². The van der Waals surface area contributed by atoms with Gasteiger partial charge in [0, 0.05) is 6.54 Å². The van der Waals surface area contributed by atoms with Crippen LogP contribution in [0.15, 0.2) is 18.2 Å². The number of benzene rings is 1. The van der Waals surface area contributed by atoms with Gasteiger partial charge < -0.3 is 5.11 Å². The van der Waals surface area contributed by atoms with E-state index in [9.17, 15) is 0 Å². The highest BCUT2D eigenvalue weighted by Crippen LogP contribution is 2.22. The summed E-state index contributed by atoms with van der Waals surface area (Å²) in [5.41, 5.74) is 1.11. The molecule has 0 aliphatic rings. The first-order valence-electron chi connectivity index (χ1n) is 3.99. The van der Waals surface area contributed by atoms with Crippen molar-refractivity contribution in [3.05, 3.63) is 33.8 Å². The van der Waals surface area contributed by atoms with Gasteiger partial charge in [0.1, 0.15) is 0 Å². The molecule has 4 heteroatoms. The van der Waals surface area contributed by atoms with Gasteiger partial charge in [-0.05, 0) is 24.1 Å². The molecule has 0 saturated carbocycles. The Morgan fingerprint density at radius 2 is 2.00 bits per heavy atom. The number of nitrogens with one attached hydrogen (secondary N) is 1. The van der Waals surface area contributed by atoms with E-state index in [4.69, 9.17) is 28.3 Å². The van der Waals surface area contributed by atoms with Gasteiger partial charge in [-0.3, -0.25) is 5.32 Å². The van der Waals surface area contributed by atoms with E-state index in [-0.39, 0.29) is 6.73 Å². The molecule has 1 rings (SSSR count). The average molecular weight is 220 g/mol. The monoisotopic (exact) mass is 219 g/mol. The molecule has 72 valence electrons. The molecule has 0 atom stereocenters. The summed E-state index contributed by atoms with van der Waals surface area (Å²) in [6, 6.07) is 5.54. The van der Waals surface area contributed by atoms with Crippen LogP contribution in [0, 0.1) is 0 Å². The van der Waals surface area contributed by atoms with Crippen LogP contribution in [-0.4, -0.2) is 18.4 Å². The minimum atomic E-state index is 0.00131. The fourth-order valence-corrected chi connectivity index (χ4v) is 1.33. The lowest BCUT2D eigenvalue weighted by Gasteiger charge is -2.03. The van der Waals surface area contributed by atoms with Crippen LogP contribution in [0.3, 0.4) is 0 Å². The van der Waals surface area contributed by atoms with Crippen LogP contribution in [0.1, 0.15) is 5.56 Å². The summed E-state index contributed by atoms with van der Waals surface area (Å²) >= 11 is 11.6. The zero-order valence-electron chi connectivity index (χ0n) is 7.06. The fourth-order valence-electron chi connectivity index (χ4n) is 1.01. The Morgan fingerprint density at radius 1 is 1.23 bits per heavy atom. The van der Waals surface area contributed by atoms with Gasteiger partial charge in [-0.25, -0.2) is 0 Å². The van der Waals surface area contributed by atoms with Gasteiger partial charge in [-0.15, -0.1) is 0 Å². The van der Waals surface area contributed by atoms with E-state index in [1.165, 1.54) is 0 Å². The minimum absolute atomic E-state index is 0.00131. The highest BCUT2D eigenvalue weighted by Gasteiger charge is 1.98. The molecule has 0 fully saturated rings. The molecule has 2 nitrogen and oxygen atoms in total. The number of hydrogen-bond donors (Lipinski definition) is 2. The summed E-state index contributed by atoms with van der Waals surface area (Å²) in [5, 5.41) is 12.4. The normalized spacial score (nSPS) is 10.4. The second kappa shape index (κ2) is 5.45. The van der Waals surface area contributed by atoms with Crippen LogP contribution in [0.5, 0.6) is 0 Å². The molecule has 1 aromatic rings. The van der Waals surface area contributed by atoms with Crippen molar-refractivity contribution in [2.75, 3.05) is 13.3 Å². The predicted octanol–water partition coefficient (Wildman–Crippen LogP) is 2.08. The van der Waals surface area contributed by atoms with Crippen molar-refractivity contribution in [3.63, 3.8) is 0 Å². The van der Waals surface area contributed by atoms with E-state index < -0.39 is 0 Å². The molecule has 0 spiro atoms. The Bertz CT molecular complexity index is 278. The van der Waals surface area contributed by atoms with E-state index in [1.54, 1.807) is 6.07 Å². The SMILES string of the molecule is OCNCCc1ccc(Cl)c(Cl)c1. The highest BCUT2D eigenvalue weighted by molar-refractivity contribution is 6.42. The first-order valence-corrected chi connectivity index (χ1v) is 4.75. The molecule has 13 heavy (non-hydrogen) atoms. The summed E-state index contributed by atoms with van der Waals surface area (Å²) in [5.74, 6) is 0. The first kappa shape index (κ1) is 10.8. The molecule has 0 aromatic heterocycles. The maximum Gasteiger partial charge on any atom is 0.0931 e. The van der Waals surface area contributed by atoms with Crippen molar-refractivity contribution in [2.45, 2.75) is 6.42 Å². The second-order valence-electron chi connectivity index (χ2n) is 2.66. The van der Waals surface area contributed by atoms with Crippen molar-refractivity contribution in [3.8, 4) is 0 Å². The van der Waals surface area contributed by atoms with Crippen LogP contribution < -0.4 is 5.32 Å². The van der Waals surface area contributed by atoms with Gasteiger partial charge in [0.05, 0.1) is 16.8 Å². The van der Waals surface area contributed by atoms with E-state index in [1.807, 2.05) is 12.1 Å². The Labute approximate surface area is 87.5 Å². The lowest BCUT2D eigenvalue weighted by atomic mass is 10.1. The van der Waals surface area contributed by atoms with Gasteiger partial charge in [-0.1, -0.05) is 29.3 Å².